The number of hydrogen-bond acceptors (Lipinski definition) is 2. The van der Waals surface area contributed by atoms with Gasteiger partial charge in [0.1, 0.15) is 0 Å². The summed E-state index contributed by atoms with van der Waals surface area (Å²) in [6.45, 7) is 2.29. The molecule has 1 atom stereocenters. The van der Waals surface area contributed by atoms with Crippen molar-refractivity contribution in [1.29, 1.82) is 0 Å². The summed E-state index contributed by atoms with van der Waals surface area (Å²) in [5, 5.41) is 0. The molecular weight excluding hydrogens is 159 g/mol. The van der Waals surface area contributed by atoms with E-state index in [-0.39, 0.29) is 0 Å². The Morgan fingerprint density at radius 2 is 2.43 bits per heavy atom. The molecular formula is C3H8AsO3. The minimum absolute atomic E-state index is 0.403. The van der Waals surface area contributed by atoms with Crippen LogP contribution >= 0.6 is 0 Å². The van der Waals surface area contributed by atoms with Crippen LogP contribution in [0.4, 0.5) is 0 Å². The van der Waals surface area contributed by atoms with E-state index < -0.39 is 15.3 Å². The Morgan fingerprint density at radius 1 is 1.86 bits per heavy atom. The van der Waals surface area contributed by atoms with E-state index in [1.165, 1.54) is 0 Å². The summed E-state index contributed by atoms with van der Waals surface area (Å²) >= 11 is -2.99. The summed E-state index contributed by atoms with van der Waals surface area (Å²) < 4.78 is 22.2. The molecule has 0 saturated heterocycles. The fourth-order valence-corrected chi connectivity index (χ4v) is 0.880. The van der Waals surface area contributed by atoms with Crippen molar-refractivity contribution in [3.05, 3.63) is 0 Å². The Labute approximate surface area is 47.5 Å². The van der Waals surface area contributed by atoms with Gasteiger partial charge in [0, 0.05) is 0 Å². The van der Waals surface area contributed by atoms with Gasteiger partial charge in [0.05, 0.1) is 0 Å². The van der Waals surface area contributed by atoms with Crippen molar-refractivity contribution in [3.8, 4) is 0 Å². The first-order valence-corrected chi connectivity index (χ1v) is 4.43. The van der Waals surface area contributed by atoms with Crippen LogP contribution in [-0.2, 0) is 7.47 Å². The molecule has 3 nitrogen and oxygen atoms in total. The molecule has 4 heteroatoms. The molecule has 1 radical (unpaired) electrons. The maximum absolute atomic E-state index is 9.77. The van der Waals surface area contributed by atoms with Crippen molar-refractivity contribution in [2.75, 3.05) is 6.61 Å². The van der Waals surface area contributed by atoms with E-state index in [1.807, 2.05) is 6.92 Å². The summed E-state index contributed by atoms with van der Waals surface area (Å²) in [5.74, 6) is 0. The molecule has 0 saturated carbocycles. The summed E-state index contributed by atoms with van der Waals surface area (Å²) in [5.41, 5.74) is 0. The minimum atomic E-state index is -2.99. The molecule has 7 heavy (non-hydrogen) atoms. The van der Waals surface area contributed by atoms with Crippen molar-refractivity contribution in [2.24, 2.45) is 0 Å². The first kappa shape index (κ1) is 7.28. The Morgan fingerprint density at radius 3 is 2.57 bits per heavy atom. The second-order valence-electron chi connectivity index (χ2n) is 1.07. The molecule has 1 unspecified atom stereocenters. The predicted molar refractivity (Wildman–Crippen MR) is 24.9 cm³/mol. The molecule has 0 aliphatic rings. The molecule has 0 fully saturated rings. The van der Waals surface area contributed by atoms with Crippen LogP contribution in [0.1, 0.15) is 13.3 Å². The van der Waals surface area contributed by atoms with Gasteiger partial charge >= 0.3 is 46.8 Å². The van der Waals surface area contributed by atoms with Crippen molar-refractivity contribution < 1.29 is 11.6 Å². The molecule has 0 spiro atoms. The predicted octanol–water partition coefficient (Wildman–Crippen LogP) is -0.179. The van der Waals surface area contributed by atoms with Gasteiger partial charge < -0.3 is 0 Å². The van der Waals surface area contributed by atoms with Gasteiger partial charge in [-0.1, -0.05) is 0 Å². The average Bonchev–Trinajstić information content (AvgIpc) is 1.61. The number of hydrogen-bond donors (Lipinski definition) is 1. The van der Waals surface area contributed by atoms with Crippen LogP contribution < -0.4 is 0 Å². The van der Waals surface area contributed by atoms with E-state index >= 15 is 0 Å². The molecule has 1 N–H and O–H groups in total. The van der Waals surface area contributed by atoms with Crippen LogP contribution in [0.25, 0.3) is 0 Å². The normalized spacial score (nSPS) is 11.4. The van der Waals surface area contributed by atoms with Crippen molar-refractivity contribution in [2.45, 2.75) is 13.3 Å². The maximum atomic E-state index is 9.77. The molecule has 0 aliphatic carbocycles. The van der Waals surface area contributed by atoms with Crippen molar-refractivity contribution >= 4 is 15.3 Å². The van der Waals surface area contributed by atoms with Crippen molar-refractivity contribution in [1.82, 2.24) is 0 Å². The average molecular weight is 167 g/mol. The zero-order valence-corrected chi connectivity index (χ0v) is 6.00. The van der Waals surface area contributed by atoms with Crippen LogP contribution in [0.5, 0.6) is 0 Å². The topological polar surface area (TPSA) is 46.5 Å². The first-order valence-electron chi connectivity index (χ1n) is 2.06. The monoisotopic (exact) mass is 167 g/mol. The van der Waals surface area contributed by atoms with Gasteiger partial charge in [-0.2, -0.15) is 0 Å². The van der Waals surface area contributed by atoms with Crippen LogP contribution in [-0.4, -0.2) is 26.0 Å². The molecule has 0 aromatic heterocycles. The zero-order valence-electron chi connectivity index (χ0n) is 4.13. The molecule has 0 aliphatic heterocycles. The van der Waals surface area contributed by atoms with Crippen LogP contribution in [0.2, 0.25) is 0 Å². The third-order valence-electron chi connectivity index (χ3n) is 0.406. The molecule has 43 valence electrons. The van der Waals surface area contributed by atoms with Crippen LogP contribution in [0, 0.1) is 0 Å². The van der Waals surface area contributed by atoms with Gasteiger partial charge in [-0.25, -0.2) is 0 Å². The van der Waals surface area contributed by atoms with Crippen LogP contribution in [0.3, 0.4) is 0 Å². The van der Waals surface area contributed by atoms with Gasteiger partial charge in [-0.3, -0.25) is 0 Å². The van der Waals surface area contributed by atoms with E-state index in [1.54, 1.807) is 0 Å². The van der Waals surface area contributed by atoms with Gasteiger partial charge in [0.15, 0.2) is 0 Å². The van der Waals surface area contributed by atoms with E-state index in [4.69, 9.17) is 4.10 Å². The Balaban J connectivity index is 2.82. The standard InChI is InChI=1S/C3H8AsO3/c1-2-3-7-4(5)6/h2-3H2,1H3,(H,5,6). The fraction of sp³-hybridized carbons (Fsp3) is 1.00. The Bertz CT molecular complexity index is 63.2. The van der Waals surface area contributed by atoms with Gasteiger partial charge in [0.2, 0.25) is 0 Å². The second-order valence-corrected chi connectivity index (χ2v) is 2.61. The van der Waals surface area contributed by atoms with Gasteiger partial charge in [-0.05, 0) is 0 Å². The van der Waals surface area contributed by atoms with E-state index in [9.17, 15) is 3.74 Å². The molecule has 0 bridgehead atoms. The SMILES string of the molecule is CCCO[As](=O)O. The molecule has 0 amide bonds. The summed E-state index contributed by atoms with van der Waals surface area (Å²) in [4.78, 5) is 0. The Hall–Kier alpha value is 0.278. The fourth-order valence-electron chi connectivity index (χ4n) is 0.169. The summed E-state index contributed by atoms with van der Waals surface area (Å²) in [7, 11) is 0. The molecule has 0 aromatic carbocycles. The van der Waals surface area contributed by atoms with Crippen LogP contribution in [0.15, 0.2) is 0 Å². The molecule has 0 heterocycles. The van der Waals surface area contributed by atoms with Gasteiger partial charge in [0.25, 0.3) is 0 Å². The Kier molecular flexibility index (Phi) is 4.61. The summed E-state index contributed by atoms with van der Waals surface area (Å²) in [6, 6.07) is 0. The first-order chi connectivity index (χ1) is 3.27. The third kappa shape index (κ3) is 6.28. The van der Waals surface area contributed by atoms with Gasteiger partial charge in [-0.15, -0.1) is 0 Å². The third-order valence-corrected chi connectivity index (χ3v) is 1.25. The summed E-state index contributed by atoms with van der Waals surface area (Å²) in [6.07, 6.45) is 0.800. The number of rotatable bonds is 3. The van der Waals surface area contributed by atoms with E-state index in [0.29, 0.717) is 6.61 Å². The van der Waals surface area contributed by atoms with E-state index in [0.717, 1.165) is 6.42 Å². The van der Waals surface area contributed by atoms with Crippen molar-refractivity contribution in [3.63, 3.8) is 0 Å². The van der Waals surface area contributed by atoms with E-state index in [2.05, 4.69) is 3.73 Å². The second kappa shape index (κ2) is 4.44. The quantitative estimate of drug-likeness (QED) is 0.593. The molecule has 0 aromatic rings. The molecule has 0 rings (SSSR count). The zero-order chi connectivity index (χ0) is 5.70.